The molecule has 0 aliphatic heterocycles. The lowest BCUT2D eigenvalue weighted by atomic mass is 9.70. The molecule has 70 valence electrons. The van der Waals surface area contributed by atoms with E-state index in [2.05, 4.69) is 0 Å². The van der Waals surface area contributed by atoms with Gasteiger partial charge in [-0.2, -0.15) is 0 Å². The van der Waals surface area contributed by atoms with E-state index in [1.54, 1.807) is 0 Å². The predicted octanol–water partition coefficient (Wildman–Crippen LogP) is 1.65. The van der Waals surface area contributed by atoms with Gasteiger partial charge in [-0.25, -0.2) is 0 Å². The zero-order valence-electron chi connectivity index (χ0n) is 7.20. The topological polar surface area (TPSA) is 46.2 Å². The molecule has 0 heterocycles. The lowest BCUT2D eigenvalue weighted by Crippen LogP contribution is -2.51. The molecule has 13 heavy (non-hydrogen) atoms. The number of aliphatic hydroxyl groups excluding tert-OH is 1. The predicted molar refractivity (Wildman–Crippen MR) is 52.6 cm³/mol. The second-order valence-corrected chi connectivity index (χ2v) is 4.11. The third-order valence-electron chi connectivity index (χ3n) is 2.61. The minimum atomic E-state index is -0.405. The molecule has 2 rings (SSSR count). The van der Waals surface area contributed by atoms with Crippen LogP contribution in [0.25, 0.3) is 0 Å². The first-order valence-electron chi connectivity index (χ1n) is 4.34. The molecule has 0 saturated heterocycles. The van der Waals surface area contributed by atoms with E-state index in [1.165, 1.54) is 0 Å². The van der Waals surface area contributed by atoms with Crippen LogP contribution in [0, 0.1) is 0 Å². The van der Waals surface area contributed by atoms with Crippen molar-refractivity contribution in [2.45, 2.75) is 24.5 Å². The van der Waals surface area contributed by atoms with Gasteiger partial charge in [0, 0.05) is 10.6 Å². The maximum atomic E-state index is 9.21. The number of aliphatic hydroxyl groups is 1. The monoisotopic (exact) mass is 197 g/mol. The number of hydrogen-bond acceptors (Lipinski definition) is 2. The van der Waals surface area contributed by atoms with Gasteiger partial charge in [-0.05, 0) is 24.5 Å². The number of nitrogens with two attached hydrogens (primary N) is 1. The highest BCUT2D eigenvalue weighted by Gasteiger charge is 2.42. The maximum Gasteiger partial charge on any atom is 0.0582 e. The van der Waals surface area contributed by atoms with Crippen molar-refractivity contribution in [3.63, 3.8) is 0 Å². The van der Waals surface area contributed by atoms with Gasteiger partial charge >= 0.3 is 0 Å². The molecule has 3 heteroatoms. The Hall–Kier alpha value is -0.570. The minimum Gasteiger partial charge on any atom is -0.393 e. The van der Waals surface area contributed by atoms with Gasteiger partial charge < -0.3 is 10.8 Å². The first-order valence-corrected chi connectivity index (χ1v) is 4.71. The molecule has 0 radical (unpaired) electrons. The molecule has 0 unspecified atom stereocenters. The van der Waals surface area contributed by atoms with Crippen molar-refractivity contribution in [3.8, 4) is 0 Å². The second-order valence-electron chi connectivity index (χ2n) is 3.70. The van der Waals surface area contributed by atoms with Gasteiger partial charge in [-0.15, -0.1) is 0 Å². The van der Waals surface area contributed by atoms with Crippen molar-refractivity contribution in [1.29, 1.82) is 0 Å². The average molecular weight is 198 g/mol. The molecule has 1 aromatic carbocycles. The summed E-state index contributed by atoms with van der Waals surface area (Å²) in [6.07, 6.45) is 0.953. The summed E-state index contributed by atoms with van der Waals surface area (Å²) in [6, 6.07) is 7.55. The van der Waals surface area contributed by atoms with Crippen LogP contribution >= 0.6 is 11.6 Å². The van der Waals surface area contributed by atoms with Crippen molar-refractivity contribution in [2.75, 3.05) is 0 Å². The summed E-state index contributed by atoms with van der Waals surface area (Å²) in [5.74, 6) is 0. The van der Waals surface area contributed by atoms with E-state index >= 15 is 0 Å². The second kappa shape index (κ2) is 2.98. The molecule has 1 fully saturated rings. The summed E-state index contributed by atoms with van der Waals surface area (Å²) in [4.78, 5) is 0. The molecule has 1 aromatic rings. The summed E-state index contributed by atoms with van der Waals surface area (Å²) in [5.41, 5.74) is 6.61. The van der Waals surface area contributed by atoms with Crippen molar-refractivity contribution in [2.24, 2.45) is 5.73 Å². The molecule has 1 saturated carbocycles. The molecular formula is C10H12ClNO. The van der Waals surface area contributed by atoms with Crippen LogP contribution in [0.3, 0.4) is 0 Å². The van der Waals surface area contributed by atoms with Gasteiger partial charge in [-0.3, -0.25) is 0 Å². The van der Waals surface area contributed by atoms with Gasteiger partial charge in [0.1, 0.15) is 0 Å². The summed E-state index contributed by atoms with van der Waals surface area (Å²) in [7, 11) is 0. The third-order valence-corrected chi connectivity index (χ3v) is 2.94. The van der Waals surface area contributed by atoms with E-state index < -0.39 is 5.54 Å². The van der Waals surface area contributed by atoms with Crippen LogP contribution in [0.1, 0.15) is 18.4 Å². The van der Waals surface area contributed by atoms with Gasteiger partial charge in [-0.1, -0.05) is 29.8 Å². The molecule has 0 bridgehead atoms. The Bertz CT molecular complexity index is 320. The Balaban J connectivity index is 2.31. The Morgan fingerprint density at radius 2 is 2.00 bits per heavy atom. The van der Waals surface area contributed by atoms with Crippen LogP contribution in [0.5, 0.6) is 0 Å². The van der Waals surface area contributed by atoms with Crippen LogP contribution in [-0.4, -0.2) is 11.2 Å². The Morgan fingerprint density at radius 3 is 2.54 bits per heavy atom. The van der Waals surface area contributed by atoms with Gasteiger partial charge in [0.2, 0.25) is 0 Å². The van der Waals surface area contributed by atoms with Gasteiger partial charge in [0.25, 0.3) is 0 Å². The fourth-order valence-electron chi connectivity index (χ4n) is 1.87. The highest BCUT2D eigenvalue weighted by Crippen LogP contribution is 2.41. The minimum absolute atomic E-state index is 0.263. The van der Waals surface area contributed by atoms with Gasteiger partial charge in [0.05, 0.1) is 6.10 Å². The van der Waals surface area contributed by atoms with Gasteiger partial charge in [0.15, 0.2) is 0 Å². The summed E-state index contributed by atoms with van der Waals surface area (Å²) in [6.45, 7) is 0. The van der Waals surface area contributed by atoms with E-state index in [0.29, 0.717) is 17.9 Å². The Morgan fingerprint density at radius 1 is 1.38 bits per heavy atom. The molecule has 0 spiro atoms. The summed E-state index contributed by atoms with van der Waals surface area (Å²) >= 11 is 6.01. The summed E-state index contributed by atoms with van der Waals surface area (Å²) < 4.78 is 0. The maximum absolute atomic E-state index is 9.21. The van der Waals surface area contributed by atoms with Crippen LogP contribution in [-0.2, 0) is 5.54 Å². The average Bonchev–Trinajstić information content (AvgIpc) is 2.02. The third kappa shape index (κ3) is 1.46. The number of benzene rings is 1. The van der Waals surface area contributed by atoms with Crippen molar-refractivity contribution < 1.29 is 5.11 Å². The van der Waals surface area contributed by atoms with E-state index in [0.717, 1.165) is 5.56 Å². The molecule has 0 atom stereocenters. The van der Waals surface area contributed by atoms with Crippen molar-refractivity contribution >= 4 is 11.6 Å². The first kappa shape index (κ1) is 9.00. The van der Waals surface area contributed by atoms with E-state index in [4.69, 9.17) is 17.3 Å². The molecule has 0 aromatic heterocycles. The van der Waals surface area contributed by atoms with E-state index in [9.17, 15) is 5.11 Å². The van der Waals surface area contributed by atoms with Crippen LogP contribution < -0.4 is 5.73 Å². The standard InChI is InChI=1S/C10H12ClNO/c11-9-4-2-1-3-8(9)10(12)5-7(13)6-10/h1-4,7,13H,5-6,12H2. The molecule has 2 nitrogen and oxygen atoms in total. The molecule has 3 N–H and O–H groups in total. The molecular weight excluding hydrogens is 186 g/mol. The first-order chi connectivity index (χ1) is 6.12. The van der Waals surface area contributed by atoms with E-state index in [-0.39, 0.29) is 6.10 Å². The number of halogens is 1. The van der Waals surface area contributed by atoms with Crippen LogP contribution in [0.2, 0.25) is 5.02 Å². The zero-order valence-corrected chi connectivity index (χ0v) is 7.96. The fraction of sp³-hybridized carbons (Fsp3) is 0.400. The molecule has 1 aliphatic carbocycles. The smallest absolute Gasteiger partial charge is 0.0582 e. The van der Waals surface area contributed by atoms with Crippen LogP contribution in [0.15, 0.2) is 24.3 Å². The normalized spacial score (nSPS) is 32.7. The van der Waals surface area contributed by atoms with Crippen molar-refractivity contribution in [3.05, 3.63) is 34.9 Å². The number of hydrogen-bond donors (Lipinski definition) is 2. The molecule has 1 aliphatic rings. The highest BCUT2D eigenvalue weighted by molar-refractivity contribution is 6.31. The van der Waals surface area contributed by atoms with Crippen molar-refractivity contribution in [1.82, 2.24) is 0 Å². The lowest BCUT2D eigenvalue weighted by Gasteiger charge is -2.43. The van der Waals surface area contributed by atoms with E-state index in [1.807, 2.05) is 24.3 Å². The fourth-order valence-corrected chi connectivity index (χ4v) is 2.19. The Labute approximate surface area is 82.3 Å². The highest BCUT2D eigenvalue weighted by atomic mass is 35.5. The largest absolute Gasteiger partial charge is 0.393 e. The zero-order chi connectivity index (χ0) is 9.47. The van der Waals surface area contributed by atoms with Crippen LogP contribution in [0.4, 0.5) is 0 Å². The quantitative estimate of drug-likeness (QED) is 0.719. The number of rotatable bonds is 1. The molecule has 0 amide bonds. The Kier molecular flexibility index (Phi) is 2.06. The SMILES string of the molecule is NC1(c2ccccc2Cl)CC(O)C1. The lowest BCUT2D eigenvalue weighted by molar-refractivity contribution is 0.0210. The summed E-state index contributed by atoms with van der Waals surface area (Å²) in [5, 5.41) is 9.90.